The second kappa shape index (κ2) is 14.8. The molecule has 0 radical (unpaired) electrons. The van der Waals surface area contributed by atoms with E-state index in [4.69, 9.17) is 14.4 Å². The average molecular weight is 805 g/mol. The molecule has 1 aliphatic carbocycles. The first-order valence-corrected chi connectivity index (χ1v) is 21.6. The van der Waals surface area contributed by atoms with Gasteiger partial charge in [-0.15, -0.1) is 0 Å². The van der Waals surface area contributed by atoms with Crippen LogP contribution in [0.1, 0.15) is 23.6 Å². The van der Waals surface area contributed by atoms with Crippen molar-refractivity contribution >= 4 is 21.9 Å². The van der Waals surface area contributed by atoms with Gasteiger partial charge >= 0.3 is 0 Å². The quantitative estimate of drug-likeness (QED) is 0.161. The second-order valence-corrected chi connectivity index (χ2v) is 16.6. The molecule has 0 spiro atoms. The summed E-state index contributed by atoms with van der Waals surface area (Å²) < 4.78 is 6.27. The van der Waals surface area contributed by atoms with Gasteiger partial charge in [-0.05, 0) is 117 Å². The summed E-state index contributed by atoms with van der Waals surface area (Å²) in [5, 5.41) is 2.20. The fourth-order valence-corrected chi connectivity index (χ4v) is 9.80. The minimum absolute atomic E-state index is 0.335. The van der Waals surface area contributed by atoms with Crippen molar-refractivity contribution in [2.24, 2.45) is 0 Å². The van der Waals surface area contributed by atoms with Gasteiger partial charge in [-0.25, -0.2) is 9.97 Å². The molecular formula is C60H40N2O. The summed E-state index contributed by atoms with van der Waals surface area (Å²) in [5.41, 5.74) is 19.4. The van der Waals surface area contributed by atoms with Gasteiger partial charge in [0.05, 0.1) is 11.4 Å². The molecule has 0 aliphatic heterocycles. The van der Waals surface area contributed by atoms with Gasteiger partial charge in [0.25, 0.3) is 0 Å². The van der Waals surface area contributed by atoms with E-state index in [-0.39, 0.29) is 5.41 Å². The maximum Gasteiger partial charge on any atom is 0.160 e. The van der Waals surface area contributed by atoms with Gasteiger partial charge in [0.1, 0.15) is 11.2 Å². The van der Waals surface area contributed by atoms with Crippen molar-refractivity contribution in [2.45, 2.75) is 12.3 Å². The summed E-state index contributed by atoms with van der Waals surface area (Å²) >= 11 is 0. The van der Waals surface area contributed by atoms with Crippen LogP contribution in [0.3, 0.4) is 0 Å². The highest BCUT2D eigenvalue weighted by molar-refractivity contribution is 6.06. The highest BCUT2D eigenvalue weighted by Gasteiger charge is 2.40. The Hall–Kier alpha value is -8.14. The second-order valence-electron chi connectivity index (χ2n) is 16.6. The summed E-state index contributed by atoms with van der Waals surface area (Å²) in [6.07, 6.45) is 0. The van der Waals surface area contributed by atoms with Crippen LogP contribution >= 0.6 is 0 Å². The van der Waals surface area contributed by atoms with E-state index in [1.54, 1.807) is 0 Å². The maximum atomic E-state index is 6.27. The zero-order valence-electron chi connectivity index (χ0n) is 34.7. The molecule has 9 aromatic carbocycles. The van der Waals surface area contributed by atoms with Crippen LogP contribution in [0.2, 0.25) is 0 Å². The molecule has 296 valence electrons. The molecule has 11 aromatic rings. The molecule has 1 atom stereocenters. The lowest BCUT2D eigenvalue weighted by Crippen LogP contribution is -2.22. The van der Waals surface area contributed by atoms with Gasteiger partial charge in [0.15, 0.2) is 5.82 Å². The van der Waals surface area contributed by atoms with Crippen molar-refractivity contribution in [1.29, 1.82) is 0 Å². The van der Waals surface area contributed by atoms with Crippen molar-refractivity contribution in [1.82, 2.24) is 9.97 Å². The fourth-order valence-electron chi connectivity index (χ4n) is 9.80. The van der Waals surface area contributed by atoms with Gasteiger partial charge in [0, 0.05) is 32.9 Å². The first-order chi connectivity index (χ1) is 31.1. The molecule has 2 aromatic heterocycles. The molecule has 12 rings (SSSR count). The Morgan fingerprint density at radius 2 is 0.889 bits per heavy atom. The molecule has 1 unspecified atom stereocenters. The predicted molar refractivity (Wildman–Crippen MR) is 259 cm³/mol. The van der Waals surface area contributed by atoms with Crippen LogP contribution in [0, 0.1) is 0 Å². The van der Waals surface area contributed by atoms with Gasteiger partial charge in [-0.2, -0.15) is 0 Å². The van der Waals surface area contributed by atoms with E-state index in [1.807, 2.05) is 18.2 Å². The first kappa shape index (κ1) is 36.7. The number of para-hydroxylation sites is 1. The normalized spacial score (nSPS) is 14.2. The zero-order valence-corrected chi connectivity index (χ0v) is 34.7. The summed E-state index contributed by atoms with van der Waals surface area (Å²) in [6, 6.07) is 80.1. The third kappa shape index (κ3) is 6.20. The van der Waals surface area contributed by atoms with Crippen molar-refractivity contribution in [3.8, 4) is 78.4 Å². The lowest BCUT2D eigenvalue weighted by Gasteiger charge is -2.28. The summed E-state index contributed by atoms with van der Waals surface area (Å²) in [6.45, 7) is 2.36. The number of hydrogen-bond donors (Lipinski definition) is 0. The molecule has 0 N–H and O–H groups in total. The van der Waals surface area contributed by atoms with Crippen LogP contribution in [0.15, 0.2) is 229 Å². The highest BCUT2D eigenvalue weighted by Crippen LogP contribution is 2.53. The number of rotatable bonds is 7. The molecule has 3 heteroatoms. The maximum absolute atomic E-state index is 6.27. The number of aromatic nitrogens is 2. The third-order valence-corrected chi connectivity index (χ3v) is 13.0. The molecule has 0 saturated carbocycles. The highest BCUT2D eigenvalue weighted by atomic mass is 16.3. The Morgan fingerprint density at radius 3 is 1.67 bits per heavy atom. The molecule has 0 saturated heterocycles. The topological polar surface area (TPSA) is 38.9 Å². The Balaban J connectivity index is 1.08. The SMILES string of the molecule is CC1(c2ccccc2)c2ccccc2-c2ccc(-c3cc(-c4cc(-c5ccc6oc7ccccc7c6c5)cc(-c5ccccc5-c5ccccc5)c4)nc(-c4ccccc4)n3)cc21. The van der Waals surface area contributed by atoms with Crippen molar-refractivity contribution in [3.63, 3.8) is 0 Å². The van der Waals surface area contributed by atoms with E-state index in [1.165, 1.54) is 38.9 Å². The fraction of sp³-hybridized carbons (Fsp3) is 0.0333. The Morgan fingerprint density at radius 1 is 0.333 bits per heavy atom. The van der Waals surface area contributed by atoms with Crippen molar-refractivity contribution in [3.05, 3.63) is 241 Å². The molecular weight excluding hydrogens is 765 g/mol. The molecule has 1 aliphatic rings. The van der Waals surface area contributed by atoms with Crippen LogP contribution in [0.25, 0.3) is 100 Å². The molecule has 0 fully saturated rings. The Labute approximate surface area is 366 Å². The summed E-state index contributed by atoms with van der Waals surface area (Å²) in [7, 11) is 0. The Bertz CT molecular complexity index is 3520. The van der Waals surface area contributed by atoms with E-state index >= 15 is 0 Å². The van der Waals surface area contributed by atoms with E-state index in [0.717, 1.165) is 72.3 Å². The molecule has 0 amide bonds. The monoisotopic (exact) mass is 804 g/mol. The average Bonchev–Trinajstić information content (AvgIpc) is 3.87. The van der Waals surface area contributed by atoms with Crippen molar-refractivity contribution in [2.75, 3.05) is 0 Å². The standard InChI is InChI=1S/C60H40N2O/c1-60(46-21-9-4-10-22-46)53-27-15-13-25-49(53)50-31-29-42(37-54(50)60)55-38-56(62-59(61-55)40-19-7-3-8-20-40)45-34-43(41-30-32-58-52(36-41)51-26-14-16-28-57(51)63-58)33-44(35-45)48-24-12-11-23-47(48)39-17-5-2-6-18-39/h2-38H,1H3. The molecule has 63 heavy (non-hydrogen) atoms. The van der Waals surface area contributed by atoms with Crippen LogP contribution in [-0.4, -0.2) is 9.97 Å². The predicted octanol–water partition coefficient (Wildman–Crippen LogP) is 15.7. The number of fused-ring (bicyclic) bond motifs is 6. The lowest BCUT2D eigenvalue weighted by atomic mass is 9.74. The van der Waals surface area contributed by atoms with E-state index in [9.17, 15) is 0 Å². The molecule has 2 heterocycles. The van der Waals surface area contributed by atoms with Gasteiger partial charge < -0.3 is 4.42 Å². The van der Waals surface area contributed by atoms with Crippen LogP contribution in [-0.2, 0) is 5.41 Å². The van der Waals surface area contributed by atoms with Crippen molar-refractivity contribution < 1.29 is 4.42 Å². The zero-order chi connectivity index (χ0) is 41.9. The summed E-state index contributed by atoms with van der Waals surface area (Å²) in [4.78, 5) is 10.7. The lowest BCUT2D eigenvalue weighted by molar-refractivity contribution is 0.669. The largest absolute Gasteiger partial charge is 0.456 e. The minimum atomic E-state index is -0.335. The van der Waals surface area contributed by atoms with Crippen LogP contribution < -0.4 is 0 Å². The number of nitrogens with zero attached hydrogens (tertiary/aromatic N) is 2. The van der Waals surface area contributed by atoms with E-state index in [2.05, 4.69) is 213 Å². The van der Waals surface area contributed by atoms with Gasteiger partial charge in [-0.3, -0.25) is 0 Å². The summed E-state index contributed by atoms with van der Waals surface area (Å²) in [5.74, 6) is 0.681. The van der Waals surface area contributed by atoms with Crippen LogP contribution in [0.5, 0.6) is 0 Å². The molecule has 0 bridgehead atoms. The van der Waals surface area contributed by atoms with Gasteiger partial charge in [0.2, 0.25) is 0 Å². The molecule has 3 nitrogen and oxygen atoms in total. The smallest absolute Gasteiger partial charge is 0.160 e. The van der Waals surface area contributed by atoms with Gasteiger partial charge in [-0.1, -0.05) is 176 Å². The minimum Gasteiger partial charge on any atom is -0.456 e. The third-order valence-electron chi connectivity index (χ3n) is 13.0. The first-order valence-electron chi connectivity index (χ1n) is 21.6. The van der Waals surface area contributed by atoms with E-state index in [0.29, 0.717) is 5.82 Å². The number of hydrogen-bond acceptors (Lipinski definition) is 3. The van der Waals surface area contributed by atoms with Crippen LogP contribution in [0.4, 0.5) is 0 Å². The number of furan rings is 1. The number of benzene rings is 9. The Kier molecular flexibility index (Phi) is 8.62. The van der Waals surface area contributed by atoms with E-state index < -0.39 is 0 Å².